The number of benzene rings is 2. The lowest BCUT2D eigenvalue weighted by Gasteiger charge is -2.23. The summed E-state index contributed by atoms with van der Waals surface area (Å²) in [5.41, 5.74) is 1.98. The Labute approximate surface area is 198 Å². The lowest BCUT2D eigenvalue weighted by molar-refractivity contribution is -0.155. The first-order valence-electron chi connectivity index (χ1n) is 11.1. The minimum absolute atomic E-state index is 0.0977. The first kappa shape index (κ1) is 24.8. The van der Waals surface area contributed by atoms with Crippen LogP contribution in [0.1, 0.15) is 44.2 Å². The van der Waals surface area contributed by atoms with Crippen LogP contribution in [0.5, 0.6) is 17.2 Å². The van der Waals surface area contributed by atoms with Gasteiger partial charge in [-0.05, 0) is 50.1 Å². The number of aliphatic carboxylic acids is 2. The molecule has 3 aromatic rings. The van der Waals surface area contributed by atoms with E-state index in [0.717, 1.165) is 10.9 Å². The molecule has 0 amide bonds. The molecule has 8 heteroatoms. The summed E-state index contributed by atoms with van der Waals surface area (Å²) in [5.74, 6) is -3.38. The summed E-state index contributed by atoms with van der Waals surface area (Å²) in [4.78, 5) is 27.9. The highest BCUT2D eigenvalue weighted by Crippen LogP contribution is 2.37. The van der Waals surface area contributed by atoms with Crippen LogP contribution in [0.15, 0.2) is 48.7 Å². The van der Waals surface area contributed by atoms with Gasteiger partial charge in [0, 0.05) is 17.5 Å². The summed E-state index contributed by atoms with van der Waals surface area (Å²) in [5, 5.41) is 19.8. The normalized spacial score (nSPS) is 12.1. The third kappa shape index (κ3) is 5.39. The molecule has 0 saturated heterocycles. The number of para-hydroxylation sites is 1. The number of pyridine rings is 1. The number of aromatic nitrogens is 1. The molecule has 1 atom stereocenters. The van der Waals surface area contributed by atoms with Gasteiger partial charge in [-0.2, -0.15) is 0 Å². The van der Waals surface area contributed by atoms with E-state index in [4.69, 9.17) is 14.2 Å². The van der Waals surface area contributed by atoms with Crippen molar-refractivity contribution in [3.05, 3.63) is 59.8 Å². The number of hydrogen-bond acceptors (Lipinski definition) is 6. The maximum atomic E-state index is 11.7. The third-order valence-electron chi connectivity index (χ3n) is 5.53. The number of ether oxygens (including phenoxy) is 3. The molecule has 8 nitrogen and oxygen atoms in total. The number of hydrogen-bond donors (Lipinski definition) is 2. The standard InChI is InChI=1S/C26H29NO7/c1-5-18(23(25(28)29)26(30)31)19-8-6-7-9-22(19)33-14-16-13-27-21-11-10-17(32-4)12-20(21)24(16)34-15(2)3/h6-13,15,18,23H,5,14H2,1-4H3,(H,28,29)(H,30,31). The quantitative estimate of drug-likeness (QED) is 0.383. The molecule has 0 bridgehead atoms. The van der Waals surface area contributed by atoms with Gasteiger partial charge in [-0.1, -0.05) is 25.1 Å². The summed E-state index contributed by atoms with van der Waals surface area (Å²) < 4.78 is 17.6. The molecule has 0 aliphatic carbocycles. The fraction of sp³-hybridized carbons (Fsp3) is 0.346. The average molecular weight is 468 g/mol. The molecule has 2 aromatic carbocycles. The molecule has 0 saturated carbocycles. The largest absolute Gasteiger partial charge is 0.497 e. The fourth-order valence-electron chi connectivity index (χ4n) is 3.95. The van der Waals surface area contributed by atoms with Crippen molar-refractivity contribution in [3.63, 3.8) is 0 Å². The van der Waals surface area contributed by atoms with E-state index in [2.05, 4.69) is 4.98 Å². The van der Waals surface area contributed by atoms with Crippen molar-refractivity contribution in [2.45, 2.75) is 45.8 Å². The maximum Gasteiger partial charge on any atom is 0.318 e. The Hall–Kier alpha value is -3.81. The number of methoxy groups -OCH3 is 1. The molecule has 0 aliphatic rings. The van der Waals surface area contributed by atoms with Gasteiger partial charge < -0.3 is 24.4 Å². The van der Waals surface area contributed by atoms with E-state index in [1.54, 1.807) is 44.5 Å². The van der Waals surface area contributed by atoms with Gasteiger partial charge in [0.25, 0.3) is 0 Å². The van der Waals surface area contributed by atoms with Crippen molar-refractivity contribution in [1.82, 2.24) is 4.98 Å². The van der Waals surface area contributed by atoms with Crippen LogP contribution < -0.4 is 14.2 Å². The minimum Gasteiger partial charge on any atom is -0.497 e. The second kappa shape index (κ2) is 10.9. The highest BCUT2D eigenvalue weighted by Gasteiger charge is 2.36. The Bertz CT molecular complexity index is 1160. The lowest BCUT2D eigenvalue weighted by Crippen LogP contribution is -2.30. The Morgan fingerprint density at radius 1 is 1.06 bits per heavy atom. The number of carboxylic acids is 2. The number of carboxylic acid groups (broad SMARTS) is 2. The fourth-order valence-corrected chi connectivity index (χ4v) is 3.95. The predicted molar refractivity (Wildman–Crippen MR) is 127 cm³/mol. The van der Waals surface area contributed by atoms with Gasteiger partial charge in [-0.3, -0.25) is 14.6 Å². The van der Waals surface area contributed by atoms with Gasteiger partial charge >= 0.3 is 11.9 Å². The molecule has 180 valence electrons. The zero-order valence-electron chi connectivity index (χ0n) is 19.6. The van der Waals surface area contributed by atoms with Gasteiger partial charge in [-0.15, -0.1) is 0 Å². The SMILES string of the molecule is CCC(c1ccccc1OCc1cnc2ccc(OC)cc2c1OC(C)C)C(C(=O)O)C(=O)O. The molecule has 0 spiro atoms. The van der Waals surface area contributed by atoms with Crippen LogP contribution in [-0.2, 0) is 16.2 Å². The van der Waals surface area contributed by atoms with Crippen molar-refractivity contribution in [1.29, 1.82) is 0 Å². The molecule has 1 unspecified atom stereocenters. The second-order valence-electron chi connectivity index (χ2n) is 8.16. The summed E-state index contributed by atoms with van der Waals surface area (Å²) in [6.45, 7) is 5.71. The molecular formula is C26H29NO7. The Balaban J connectivity index is 1.99. The van der Waals surface area contributed by atoms with Crippen molar-refractivity contribution in [2.75, 3.05) is 7.11 Å². The van der Waals surface area contributed by atoms with Crippen LogP contribution in [0.2, 0.25) is 0 Å². The highest BCUT2D eigenvalue weighted by molar-refractivity contribution is 5.94. The van der Waals surface area contributed by atoms with Gasteiger partial charge in [0.2, 0.25) is 0 Å². The van der Waals surface area contributed by atoms with E-state index < -0.39 is 23.8 Å². The van der Waals surface area contributed by atoms with Gasteiger partial charge in [0.1, 0.15) is 23.9 Å². The number of fused-ring (bicyclic) bond motifs is 1. The first-order chi connectivity index (χ1) is 16.3. The van der Waals surface area contributed by atoms with E-state index in [1.807, 2.05) is 32.0 Å². The van der Waals surface area contributed by atoms with Crippen LogP contribution >= 0.6 is 0 Å². The molecule has 2 N–H and O–H groups in total. The summed E-state index contributed by atoms with van der Waals surface area (Å²) in [6.07, 6.45) is 1.91. The minimum atomic E-state index is -1.58. The van der Waals surface area contributed by atoms with Gasteiger partial charge in [0.05, 0.1) is 24.3 Å². The van der Waals surface area contributed by atoms with E-state index in [9.17, 15) is 19.8 Å². The van der Waals surface area contributed by atoms with E-state index in [1.165, 1.54) is 0 Å². The molecule has 34 heavy (non-hydrogen) atoms. The van der Waals surface area contributed by atoms with Crippen molar-refractivity contribution >= 4 is 22.8 Å². The van der Waals surface area contributed by atoms with Crippen molar-refractivity contribution in [2.24, 2.45) is 5.92 Å². The molecule has 0 aliphatic heterocycles. The maximum absolute atomic E-state index is 11.7. The summed E-state index contributed by atoms with van der Waals surface area (Å²) in [6, 6.07) is 12.4. The average Bonchev–Trinajstić information content (AvgIpc) is 2.81. The van der Waals surface area contributed by atoms with Gasteiger partial charge in [0.15, 0.2) is 5.92 Å². The van der Waals surface area contributed by atoms with Crippen LogP contribution in [0.3, 0.4) is 0 Å². The first-order valence-corrected chi connectivity index (χ1v) is 11.1. The molecule has 1 heterocycles. The monoisotopic (exact) mass is 467 g/mol. The van der Waals surface area contributed by atoms with Crippen LogP contribution in [0, 0.1) is 5.92 Å². The lowest BCUT2D eigenvalue weighted by atomic mass is 9.83. The topological polar surface area (TPSA) is 115 Å². The van der Waals surface area contributed by atoms with E-state index in [-0.39, 0.29) is 12.7 Å². The van der Waals surface area contributed by atoms with Crippen LogP contribution in [0.4, 0.5) is 0 Å². The van der Waals surface area contributed by atoms with Gasteiger partial charge in [-0.25, -0.2) is 0 Å². The molecule has 1 aromatic heterocycles. The number of rotatable bonds is 11. The molecule has 0 radical (unpaired) electrons. The molecule has 0 fully saturated rings. The predicted octanol–water partition coefficient (Wildman–Crippen LogP) is 4.89. The Kier molecular flexibility index (Phi) is 7.94. The van der Waals surface area contributed by atoms with E-state index >= 15 is 0 Å². The zero-order valence-corrected chi connectivity index (χ0v) is 19.6. The van der Waals surface area contributed by atoms with Crippen LogP contribution in [-0.4, -0.2) is 40.3 Å². The number of carbonyl (C=O) groups is 2. The van der Waals surface area contributed by atoms with Crippen molar-refractivity contribution < 1.29 is 34.0 Å². The zero-order chi connectivity index (χ0) is 24.8. The van der Waals surface area contributed by atoms with E-state index in [0.29, 0.717) is 34.8 Å². The summed E-state index contributed by atoms with van der Waals surface area (Å²) >= 11 is 0. The molecule has 3 rings (SSSR count). The Morgan fingerprint density at radius 3 is 2.38 bits per heavy atom. The smallest absolute Gasteiger partial charge is 0.318 e. The van der Waals surface area contributed by atoms with Crippen molar-refractivity contribution in [3.8, 4) is 17.2 Å². The van der Waals surface area contributed by atoms with Crippen LogP contribution in [0.25, 0.3) is 10.9 Å². The second-order valence-corrected chi connectivity index (χ2v) is 8.16. The highest BCUT2D eigenvalue weighted by atomic mass is 16.5. The third-order valence-corrected chi connectivity index (χ3v) is 5.53. The number of nitrogens with zero attached hydrogens (tertiary/aromatic N) is 1. The Morgan fingerprint density at radius 2 is 1.76 bits per heavy atom. The summed E-state index contributed by atoms with van der Waals surface area (Å²) in [7, 11) is 1.59. The molecular weight excluding hydrogens is 438 g/mol.